The normalized spacial score (nSPS) is 11.8. The molecule has 0 amide bonds. The van der Waals surface area contributed by atoms with Gasteiger partial charge >= 0.3 is 10.3 Å². The Morgan fingerprint density at radius 3 is 2.57 bits per heavy atom. The van der Waals surface area contributed by atoms with E-state index in [1.54, 1.807) is 32.3 Å². The monoisotopic (exact) mass is 403 g/mol. The van der Waals surface area contributed by atoms with Crippen molar-refractivity contribution in [1.82, 2.24) is 5.01 Å². The van der Waals surface area contributed by atoms with Crippen LogP contribution in [0.4, 0.5) is 11.4 Å². The van der Waals surface area contributed by atoms with E-state index in [2.05, 4.69) is 10.3 Å². The molecular formula is C17H17N5O5S. The molecule has 2 aromatic carbocycles. The highest BCUT2D eigenvalue weighted by Crippen LogP contribution is 2.33. The lowest BCUT2D eigenvalue weighted by atomic mass is 10.0. The van der Waals surface area contributed by atoms with Crippen LogP contribution < -0.4 is 20.5 Å². The first-order valence-electron chi connectivity index (χ1n) is 7.91. The van der Waals surface area contributed by atoms with Gasteiger partial charge in [-0.2, -0.15) is 13.6 Å². The van der Waals surface area contributed by atoms with Gasteiger partial charge in [0.05, 0.1) is 10.9 Å². The molecule has 0 unspecified atom stereocenters. The van der Waals surface area contributed by atoms with E-state index in [1.807, 2.05) is 0 Å². The fraction of sp³-hybridized carbons (Fsp3) is 0.118. The third-order valence-electron chi connectivity index (χ3n) is 3.61. The summed E-state index contributed by atoms with van der Waals surface area (Å²) >= 11 is 0. The Hall–Kier alpha value is -3.44. The van der Waals surface area contributed by atoms with Gasteiger partial charge < -0.3 is 14.3 Å². The number of nitrogens with two attached hydrogens (primary N) is 2. The second kappa shape index (κ2) is 7.29. The average Bonchev–Trinajstić information content (AvgIpc) is 2.60. The van der Waals surface area contributed by atoms with Gasteiger partial charge in [0.2, 0.25) is 0 Å². The maximum atomic E-state index is 12.8. The fourth-order valence-corrected chi connectivity index (χ4v) is 2.83. The maximum Gasteiger partial charge on any atom is 0.380 e. The molecule has 3 rings (SSSR count). The van der Waals surface area contributed by atoms with Crippen molar-refractivity contribution in [1.29, 1.82) is 0 Å². The van der Waals surface area contributed by atoms with E-state index in [0.717, 1.165) is 0 Å². The first kappa shape index (κ1) is 19.3. The van der Waals surface area contributed by atoms with Crippen LogP contribution in [0.2, 0.25) is 0 Å². The Morgan fingerprint density at radius 1 is 1.14 bits per heavy atom. The zero-order valence-corrected chi connectivity index (χ0v) is 15.8. The number of nitrogens with zero attached hydrogens (tertiary/aromatic N) is 3. The lowest BCUT2D eigenvalue weighted by Crippen LogP contribution is -2.19. The van der Waals surface area contributed by atoms with Crippen LogP contribution in [0.1, 0.15) is 0 Å². The number of hydrogen-bond donors (Lipinski definition) is 2. The Morgan fingerprint density at radius 2 is 1.89 bits per heavy atom. The van der Waals surface area contributed by atoms with Gasteiger partial charge in [0.15, 0.2) is 11.2 Å². The molecule has 0 atom stereocenters. The van der Waals surface area contributed by atoms with Crippen molar-refractivity contribution in [2.75, 3.05) is 19.8 Å². The molecule has 146 valence electrons. The minimum Gasteiger partial charge on any atom is -0.463 e. The maximum absolute atomic E-state index is 12.8. The van der Waals surface area contributed by atoms with Gasteiger partial charge in [-0.3, -0.25) is 9.80 Å². The number of hydrogen-bond acceptors (Lipinski definition) is 8. The van der Waals surface area contributed by atoms with Gasteiger partial charge in [-0.15, -0.1) is 5.11 Å². The third-order valence-corrected chi connectivity index (χ3v) is 4.02. The lowest BCUT2D eigenvalue weighted by molar-refractivity contribution is 0.407. The fourth-order valence-electron chi connectivity index (χ4n) is 2.44. The molecule has 3 aromatic rings. The van der Waals surface area contributed by atoms with Crippen LogP contribution in [0, 0.1) is 0 Å². The molecule has 0 saturated heterocycles. The topological polar surface area (TPSA) is 154 Å². The molecule has 1 heterocycles. The molecule has 0 fully saturated rings. The zero-order chi connectivity index (χ0) is 20.5. The van der Waals surface area contributed by atoms with Crippen molar-refractivity contribution < 1.29 is 17.0 Å². The highest BCUT2D eigenvalue weighted by Gasteiger charge is 2.15. The van der Waals surface area contributed by atoms with Crippen LogP contribution in [-0.4, -0.2) is 27.5 Å². The smallest absolute Gasteiger partial charge is 0.380 e. The summed E-state index contributed by atoms with van der Waals surface area (Å²) in [4.78, 5) is 12.8. The second-order valence-corrected chi connectivity index (χ2v) is 7.18. The number of benzene rings is 2. The minimum absolute atomic E-state index is 0.0667. The van der Waals surface area contributed by atoms with E-state index in [1.165, 1.54) is 29.5 Å². The molecule has 0 spiro atoms. The third kappa shape index (κ3) is 4.27. The summed E-state index contributed by atoms with van der Waals surface area (Å²) in [5, 5.41) is 14.5. The molecule has 11 heteroatoms. The van der Waals surface area contributed by atoms with Crippen molar-refractivity contribution in [2.45, 2.75) is 0 Å². The van der Waals surface area contributed by atoms with Crippen LogP contribution in [-0.2, 0) is 10.3 Å². The van der Waals surface area contributed by atoms with E-state index >= 15 is 0 Å². The highest BCUT2D eigenvalue weighted by atomic mass is 32.2. The predicted octanol–water partition coefficient (Wildman–Crippen LogP) is 2.18. The number of nitrogen functional groups attached to an aromatic ring is 1. The van der Waals surface area contributed by atoms with Crippen molar-refractivity contribution in [2.24, 2.45) is 15.5 Å². The Labute approximate surface area is 160 Å². The number of anilines is 1. The summed E-state index contributed by atoms with van der Waals surface area (Å²) in [5.74, 6) is -0.130. The molecule has 10 nitrogen and oxygen atoms in total. The van der Waals surface area contributed by atoms with Gasteiger partial charge in [0.1, 0.15) is 17.5 Å². The standard InChI is InChI=1S/C17H17N5O5S/c1-22(2)21-20-14-7-10(3-6-15(14)27-28(19,24)25)13-9-26-16-8-11(18)4-5-12(16)17(13)23/h3-9H,18H2,1-2H3,(H2,19,24,25). The van der Waals surface area contributed by atoms with Gasteiger partial charge in [-0.05, 0) is 29.8 Å². The molecular weight excluding hydrogens is 386 g/mol. The molecule has 0 saturated carbocycles. The summed E-state index contributed by atoms with van der Waals surface area (Å²) in [6.07, 6.45) is 1.30. The van der Waals surface area contributed by atoms with Gasteiger partial charge in [0.25, 0.3) is 0 Å². The van der Waals surface area contributed by atoms with E-state index in [9.17, 15) is 13.2 Å². The first-order valence-corrected chi connectivity index (χ1v) is 9.38. The summed E-state index contributed by atoms with van der Waals surface area (Å²) in [6.45, 7) is 0. The number of rotatable bonds is 5. The Balaban J connectivity index is 2.16. The minimum atomic E-state index is -4.26. The molecule has 4 N–H and O–H groups in total. The van der Waals surface area contributed by atoms with Crippen LogP contribution in [0.5, 0.6) is 5.75 Å². The molecule has 0 aliphatic carbocycles. The average molecular weight is 403 g/mol. The zero-order valence-electron chi connectivity index (χ0n) is 15.0. The molecule has 28 heavy (non-hydrogen) atoms. The van der Waals surface area contributed by atoms with Crippen molar-refractivity contribution in [3.8, 4) is 16.9 Å². The summed E-state index contributed by atoms with van der Waals surface area (Å²) in [6, 6.07) is 9.00. The van der Waals surface area contributed by atoms with Crippen molar-refractivity contribution >= 4 is 32.6 Å². The van der Waals surface area contributed by atoms with Crippen molar-refractivity contribution in [3.63, 3.8) is 0 Å². The second-order valence-electron chi connectivity index (χ2n) is 6.03. The summed E-state index contributed by atoms with van der Waals surface area (Å²) in [7, 11) is -0.992. The van der Waals surface area contributed by atoms with Gasteiger partial charge in [-0.1, -0.05) is 11.3 Å². The van der Waals surface area contributed by atoms with Crippen LogP contribution in [0.3, 0.4) is 0 Å². The molecule has 0 bridgehead atoms. The van der Waals surface area contributed by atoms with E-state index < -0.39 is 10.3 Å². The van der Waals surface area contributed by atoms with Crippen LogP contribution in [0.15, 0.2) is 62.2 Å². The summed E-state index contributed by atoms with van der Waals surface area (Å²) in [5.41, 5.74) is 7.00. The predicted molar refractivity (Wildman–Crippen MR) is 104 cm³/mol. The van der Waals surface area contributed by atoms with Crippen LogP contribution in [0.25, 0.3) is 22.1 Å². The molecule has 1 aromatic heterocycles. The lowest BCUT2D eigenvalue weighted by Gasteiger charge is -2.09. The van der Waals surface area contributed by atoms with E-state index in [4.69, 9.17) is 19.5 Å². The van der Waals surface area contributed by atoms with Gasteiger partial charge in [-0.25, -0.2) is 0 Å². The Bertz CT molecular complexity index is 1230. The van der Waals surface area contributed by atoms with Crippen molar-refractivity contribution in [3.05, 3.63) is 52.9 Å². The molecule has 0 aliphatic rings. The van der Waals surface area contributed by atoms with Crippen LogP contribution >= 0.6 is 0 Å². The van der Waals surface area contributed by atoms with E-state index in [-0.39, 0.29) is 22.4 Å². The SMILES string of the molecule is CN(C)N=Nc1cc(-c2coc3cc(N)ccc3c2=O)ccc1OS(N)(=O)=O. The highest BCUT2D eigenvalue weighted by molar-refractivity contribution is 7.84. The molecule has 0 aliphatic heterocycles. The van der Waals surface area contributed by atoms with E-state index in [0.29, 0.717) is 22.2 Å². The summed E-state index contributed by atoms with van der Waals surface area (Å²) < 4.78 is 32.8. The quantitative estimate of drug-likeness (QED) is 0.376. The Kier molecular flexibility index (Phi) is 5.03. The van der Waals surface area contributed by atoms with Gasteiger partial charge in [0, 0.05) is 25.8 Å². The first-order chi connectivity index (χ1) is 13.1. The number of fused-ring (bicyclic) bond motifs is 1. The molecule has 0 radical (unpaired) electrons. The largest absolute Gasteiger partial charge is 0.463 e.